The molecule has 1 atom stereocenters. The zero-order chi connectivity index (χ0) is 16.3. The molecule has 6 heteroatoms. The van der Waals surface area contributed by atoms with E-state index < -0.39 is 11.7 Å². The van der Waals surface area contributed by atoms with Crippen LogP contribution >= 0.6 is 0 Å². The van der Waals surface area contributed by atoms with E-state index in [9.17, 15) is 14.7 Å². The fourth-order valence-corrected chi connectivity index (χ4v) is 2.26. The van der Waals surface area contributed by atoms with Crippen LogP contribution in [0.25, 0.3) is 11.0 Å². The standard InChI is InChI=1S/C16H19NO5/c1-9(18)8-17-15(20)6-5-13-10(2)12-4-3-11(19)7-14(12)22-16(13)21/h3-4,7,9,18-19H,5-6,8H2,1-2H3,(H,17,20)/t9-/m1/s1. The van der Waals surface area contributed by atoms with Gasteiger partial charge >= 0.3 is 5.63 Å². The summed E-state index contributed by atoms with van der Waals surface area (Å²) in [7, 11) is 0. The maximum absolute atomic E-state index is 12.0. The van der Waals surface area contributed by atoms with E-state index in [4.69, 9.17) is 9.52 Å². The Morgan fingerprint density at radius 2 is 2.14 bits per heavy atom. The van der Waals surface area contributed by atoms with E-state index in [1.165, 1.54) is 12.1 Å². The molecule has 0 spiro atoms. The molecule has 0 aliphatic heterocycles. The van der Waals surface area contributed by atoms with Crippen LogP contribution in [0.15, 0.2) is 27.4 Å². The fourth-order valence-electron chi connectivity index (χ4n) is 2.26. The van der Waals surface area contributed by atoms with Gasteiger partial charge in [0, 0.05) is 30.0 Å². The number of benzene rings is 1. The van der Waals surface area contributed by atoms with Gasteiger partial charge in [0.1, 0.15) is 11.3 Å². The number of phenols is 1. The number of phenolic OH excluding ortho intramolecular Hbond substituents is 1. The van der Waals surface area contributed by atoms with Crippen LogP contribution in [-0.4, -0.2) is 28.8 Å². The Balaban J connectivity index is 2.19. The van der Waals surface area contributed by atoms with Crippen LogP contribution in [0.2, 0.25) is 0 Å². The quantitative estimate of drug-likeness (QED) is 0.722. The molecule has 0 saturated heterocycles. The van der Waals surface area contributed by atoms with E-state index in [1.807, 2.05) is 0 Å². The number of carbonyl (C=O) groups is 1. The number of rotatable bonds is 5. The van der Waals surface area contributed by atoms with Gasteiger partial charge in [-0.1, -0.05) is 0 Å². The molecule has 1 amide bonds. The number of aryl methyl sites for hydroxylation is 1. The third-order valence-electron chi connectivity index (χ3n) is 3.47. The molecule has 1 heterocycles. The summed E-state index contributed by atoms with van der Waals surface area (Å²) in [4.78, 5) is 23.7. The molecule has 0 radical (unpaired) electrons. The summed E-state index contributed by atoms with van der Waals surface area (Å²) in [5.41, 5.74) is 1.02. The van der Waals surface area contributed by atoms with Gasteiger partial charge in [0.25, 0.3) is 0 Å². The van der Waals surface area contributed by atoms with Gasteiger partial charge in [-0.2, -0.15) is 0 Å². The van der Waals surface area contributed by atoms with Gasteiger partial charge in [-0.15, -0.1) is 0 Å². The number of fused-ring (bicyclic) bond motifs is 1. The smallest absolute Gasteiger partial charge is 0.339 e. The molecule has 0 saturated carbocycles. The third kappa shape index (κ3) is 3.65. The molecule has 1 aromatic carbocycles. The van der Waals surface area contributed by atoms with Crippen LogP contribution < -0.4 is 10.9 Å². The summed E-state index contributed by atoms with van der Waals surface area (Å²) in [6, 6.07) is 4.59. The van der Waals surface area contributed by atoms with Crippen LogP contribution in [0.5, 0.6) is 5.75 Å². The van der Waals surface area contributed by atoms with Crippen molar-refractivity contribution in [2.45, 2.75) is 32.8 Å². The molecule has 22 heavy (non-hydrogen) atoms. The first-order valence-electron chi connectivity index (χ1n) is 7.08. The first-order chi connectivity index (χ1) is 10.4. The lowest BCUT2D eigenvalue weighted by atomic mass is 10.0. The zero-order valence-corrected chi connectivity index (χ0v) is 12.5. The first-order valence-corrected chi connectivity index (χ1v) is 7.08. The molecular weight excluding hydrogens is 286 g/mol. The number of aliphatic hydroxyl groups is 1. The minimum Gasteiger partial charge on any atom is -0.508 e. The van der Waals surface area contributed by atoms with Crippen molar-refractivity contribution in [3.05, 3.63) is 39.7 Å². The number of aromatic hydroxyl groups is 1. The monoisotopic (exact) mass is 305 g/mol. The lowest BCUT2D eigenvalue weighted by molar-refractivity contribution is -0.121. The molecule has 1 aromatic heterocycles. The highest BCUT2D eigenvalue weighted by Crippen LogP contribution is 2.23. The Bertz CT molecular complexity index is 748. The van der Waals surface area contributed by atoms with E-state index in [-0.39, 0.29) is 31.0 Å². The highest BCUT2D eigenvalue weighted by molar-refractivity contribution is 5.82. The average Bonchev–Trinajstić information content (AvgIpc) is 2.44. The van der Waals surface area contributed by atoms with Crippen LogP contribution in [-0.2, 0) is 11.2 Å². The van der Waals surface area contributed by atoms with E-state index in [2.05, 4.69) is 5.32 Å². The Labute approximate surface area is 127 Å². The summed E-state index contributed by atoms with van der Waals surface area (Å²) < 4.78 is 5.20. The maximum atomic E-state index is 12.0. The van der Waals surface area contributed by atoms with Crippen LogP contribution in [0.4, 0.5) is 0 Å². The molecule has 0 fully saturated rings. The van der Waals surface area contributed by atoms with E-state index in [0.29, 0.717) is 11.1 Å². The first kappa shape index (κ1) is 16.0. The van der Waals surface area contributed by atoms with Gasteiger partial charge in [0.2, 0.25) is 5.91 Å². The summed E-state index contributed by atoms with van der Waals surface area (Å²) in [5, 5.41) is 21.9. The molecule has 0 bridgehead atoms. The van der Waals surface area contributed by atoms with Crippen molar-refractivity contribution in [2.24, 2.45) is 0 Å². The minimum atomic E-state index is -0.607. The van der Waals surface area contributed by atoms with Crippen molar-refractivity contribution in [3.8, 4) is 5.75 Å². The number of carbonyl (C=O) groups excluding carboxylic acids is 1. The van der Waals surface area contributed by atoms with Gasteiger partial charge in [-0.3, -0.25) is 4.79 Å². The fraction of sp³-hybridized carbons (Fsp3) is 0.375. The van der Waals surface area contributed by atoms with Crippen LogP contribution in [0.1, 0.15) is 24.5 Å². The predicted octanol–water partition coefficient (Wildman–Crippen LogP) is 1.24. The normalized spacial score (nSPS) is 12.3. The van der Waals surface area contributed by atoms with E-state index in [0.717, 1.165) is 10.9 Å². The van der Waals surface area contributed by atoms with Crippen molar-refractivity contribution < 1.29 is 19.4 Å². The van der Waals surface area contributed by atoms with Crippen molar-refractivity contribution in [3.63, 3.8) is 0 Å². The van der Waals surface area contributed by atoms with E-state index >= 15 is 0 Å². The highest BCUT2D eigenvalue weighted by atomic mass is 16.4. The summed E-state index contributed by atoms with van der Waals surface area (Å²) >= 11 is 0. The molecular formula is C16H19NO5. The Kier molecular flexibility index (Phi) is 4.82. The molecule has 118 valence electrons. The Morgan fingerprint density at radius 1 is 1.41 bits per heavy atom. The second-order valence-electron chi connectivity index (χ2n) is 5.33. The van der Waals surface area contributed by atoms with Crippen molar-refractivity contribution in [1.29, 1.82) is 0 Å². The lowest BCUT2D eigenvalue weighted by Gasteiger charge is -2.09. The summed E-state index contributed by atoms with van der Waals surface area (Å²) in [6.07, 6.45) is -0.206. The van der Waals surface area contributed by atoms with E-state index in [1.54, 1.807) is 19.9 Å². The van der Waals surface area contributed by atoms with Crippen LogP contribution in [0, 0.1) is 6.92 Å². The molecule has 2 rings (SSSR count). The largest absolute Gasteiger partial charge is 0.508 e. The number of hydrogen-bond donors (Lipinski definition) is 3. The summed E-state index contributed by atoms with van der Waals surface area (Å²) in [6.45, 7) is 3.56. The number of amides is 1. The van der Waals surface area contributed by atoms with Gasteiger partial charge in [-0.25, -0.2) is 4.79 Å². The summed E-state index contributed by atoms with van der Waals surface area (Å²) in [5.74, 6) is -0.203. The SMILES string of the molecule is Cc1c(CCC(=O)NC[C@@H](C)O)c(=O)oc2cc(O)ccc12. The van der Waals surface area contributed by atoms with Crippen molar-refractivity contribution in [2.75, 3.05) is 6.54 Å². The van der Waals surface area contributed by atoms with Gasteiger partial charge < -0.3 is 19.9 Å². The molecule has 0 aliphatic carbocycles. The lowest BCUT2D eigenvalue weighted by Crippen LogP contribution is -2.31. The second-order valence-corrected chi connectivity index (χ2v) is 5.33. The molecule has 2 aromatic rings. The third-order valence-corrected chi connectivity index (χ3v) is 3.47. The topological polar surface area (TPSA) is 99.8 Å². The predicted molar refractivity (Wildman–Crippen MR) is 81.9 cm³/mol. The van der Waals surface area contributed by atoms with Crippen molar-refractivity contribution >= 4 is 16.9 Å². The van der Waals surface area contributed by atoms with Crippen LogP contribution in [0.3, 0.4) is 0 Å². The molecule has 3 N–H and O–H groups in total. The Hall–Kier alpha value is -2.34. The molecule has 0 unspecified atom stereocenters. The number of hydrogen-bond acceptors (Lipinski definition) is 5. The average molecular weight is 305 g/mol. The highest BCUT2D eigenvalue weighted by Gasteiger charge is 2.13. The number of nitrogens with one attached hydrogen (secondary N) is 1. The number of aliphatic hydroxyl groups excluding tert-OH is 1. The van der Waals surface area contributed by atoms with Gasteiger partial charge in [0.15, 0.2) is 0 Å². The van der Waals surface area contributed by atoms with Gasteiger partial charge in [-0.05, 0) is 38.0 Å². The zero-order valence-electron chi connectivity index (χ0n) is 12.5. The maximum Gasteiger partial charge on any atom is 0.339 e. The van der Waals surface area contributed by atoms with Gasteiger partial charge in [0.05, 0.1) is 6.10 Å². The second kappa shape index (κ2) is 6.62. The Morgan fingerprint density at radius 3 is 2.82 bits per heavy atom. The van der Waals surface area contributed by atoms with Crippen molar-refractivity contribution in [1.82, 2.24) is 5.32 Å². The molecule has 0 aliphatic rings. The molecule has 6 nitrogen and oxygen atoms in total. The minimum absolute atomic E-state index is 0.0281.